The van der Waals surface area contributed by atoms with Gasteiger partial charge in [-0.3, -0.25) is 0 Å². The van der Waals surface area contributed by atoms with Crippen molar-refractivity contribution in [3.05, 3.63) is 53.1 Å². The molecule has 2 aromatic rings. The molecule has 0 spiro atoms. The minimum atomic E-state index is -3.59. The predicted molar refractivity (Wildman–Crippen MR) is 82.5 cm³/mol. The molecule has 0 saturated heterocycles. The monoisotopic (exact) mass is 319 g/mol. The average Bonchev–Trinajstić information content (AvgIpc) is 2.96. The fourth-order valence-corrected chi connectivity index (χ4v) is 3.25. The molecule has 1 heterocycles. The first-order chi connectivity index (χ1) is 10.5. The first-order valence-corrected chi connectivity index (χ1v) is 8.39. The van der Waals surface area contributed by atoms with Crippen LogP contribution in [0.4, 0.5) is 0 Å². The Balaban J connectivity index is 1.77. The highest BCUT2D eigenvalue weighted by molar-refractivity contribution is 7.89. The molecule has 2 aromatic carbocycles. The molecule has 1 aliphatic heterocycles. The van der Waals surface area contributed by atoms with Crippen LogP contribution < -0.4 is 14.2 Å². The van der Waals surface area contributed by atoms with Gasteiger partial charge in [0.05, 0.1) is 4.90 Å². The molecule has 0 unspecified atom stereocenters. The molecule has 6 heteroatoms. The van der Waals surface area contributed by atoms with E-state index in [1.54, 1.807) is 6.07 Å². The van der Waals surface area contributed by atoms with Gasteiger partial charge in [0, 0.05) is 12.6 Å². The van der Waals surface area contributed by atoms with Crippen molar-refractivity contribution in [2.75, 3.05) is 6.79 Å². The van der Waals surface area contributed by atoms with Crippen LogP contribution in [0.2, 0.25) is 0 Å². The minimum absolute atomic E-state index is 0.120. The van der Waals surface area contributed by atoms with Crippen molar-refractivity contribution in [2.24, 2.45) is 0 Å². The summed E-state index contributed by atoms with van der Waals surface area (Å²) in [6, 6.07) is 10.5. The van der Waals surface area contributed by atoms with Crippen LogP contribution in [-0.4, -0.2) is 15.2 Å². The lowest BCUT2D eigenvalue weighted by atomic mass is 10.1. The molecule has 0 amide bonds. The summed E-state index contributed by atoms with van der Waals surface area (Å²) in [4.78, 5) is 0.167. The maximum Gasteiger partial charge on any atom is 0.241 e. The van der Waals surface area contributed by atoms with Gasteiger partial charge in [-0.2, -0.15) is 0 Å². The molecule has 0 atom stereocenters. The fourth-order valence-electron chi connectivity index (χ4n) is 2.22. The van der Waals surface area contributed by atoms with Crippen LogP contribution in [0.25, 0.3) is 0 Å². The molecule has 0 saturated carbocycles. The third kappa shape index (κ3) is 2.93. The van der Waals surface area contributed by atoms with E-state index >= 15 is 0 Å². The van der Waals surface area contributed by atoms with E-state index < -0.39 is 10.0 Å². The van der Waals surface area contributed by atoms with Gasteiger partial charge in [-0.15, -0.1) is 0 Å². The van der Waals surface area contributed by atoms with Gasteiger partial charge in [-0.05, 0) is 42.7 Å². The molecule has 1 N–H and O–H groups in total. The number of benzene rings is 2. The molecule has 116 valence electrons. The molecule has 22 heavy (non-hydrogen) atoms. The first kappa shape index (κ1) is 14.9. The molecule has 0 aromatic heterocycles. The number of rotatable bonds is 4. The maximum absolute atomic E-state index is 12.3. The Morgan fingerprint density at radius 3 is 2.55 bits per heavy atom. The smallest absolute Gasteiger partial charge is 0.241 e. The molecule has 0 bridgehead atoms. The topological polar surface area (TPSA) is 64.6 Å². The van der Waals surface area contributed by atoms with Crippen molar-refractivity contribution < 1.29 is 17.9 Å². The lowest BCUT2D eigenvalue weighted by Crippen LogP contribution is -2.23. The number of fused-ring (bicyclic) bond motifs is 1. The van der Waals surface area contributed by atoms with Gasteiger partial charge >= 0.3 is 0 Å². The lowest BCUT2D eigenvalue weighted by Gasteiger charge is -2.09. The highest BCUT2D eigenvalue weighted by atomic mass is 32.2. The number of hydrogen-bond acceptors (Lipinski definition) is 4. The zero-order chi connectivity index (χ0) is 15.7. The van der Waals surface area contributed by atoms with Gasteiger partial charge < -0.3 is 9.47 Å². The van der Waals surface area contributed by atoms with Crippen molar-refractivity contribution in [1.29, 1.82) is 0 Å². The predicted octanol–water partition coefficient (Wildman–Crippen LogP) is 2.51. The molecule has 1 aliphatic rings. The number of hydrogen-bond donors (Lipinski definition) is 1. The molecular formula is C16H17NO4S. The highest BCUT2D eigenvalue weighted by Gasteiger charge is 2.20. The van der Waals surface area contributed by atoms with E-state index in [4.69, 9.17) is 9.47 Å². The van der Waals surface area contributed by atoms with Gasteiger partial charge in [0.2, 0.25) is 16.8 Å². The van der Waals surface area contributed by atoms with Gasteiger partial charge in [0.25, 0.3) is 0 Å². The highest BCUT2D eigenvalue weighted by Crippen LogP contribution is 2.33. The van der Waals surface area contributed by atoms with E-state index in [-0.39, 0.29) is 18.2 Å². The first-order valence-electron chi connectivity index (χ1n) is 6.91. The fraction of sp³-hybridized carbons (Fsp3) is 0.250. The molecule has 0 aliphatic carbocycles. The number of ether oxygens (including phenoxy) is 2. The Morgan fingerprint density at radius 1 is 1.00 bits per heavy atom. The summed E-state index contributed by atoms with van der Waals surface area (Å²) in [5.41, 5.74) is 3.24. The Bertz CT molecular complexity index is 815. The van der Waals surface area contributed by atoms with E-state index in [0.29, 0.717) is 11.5 Å². The lowest BCUT2D eigenvalue weighted by molar-refractivity contribution is 0.174. The van der Waals surface area contributed by atoms with Gasteiger partial charge in [0.1, 0.15) is 0 Å². The van der Waals surface area contributed by atoms with Crippen LogP contribution in [0.1, 0.15) is 16.7 Å². The van der Waals surface area contributed by atoms with Crippen molar-refractivity contribution in [1.82, 2.24) is 4.72 Å². The van der Waals surface area contributed by atoms with Gasteiger partial charge in [0.15, 0.2) is 11.5 Å². The Hall–Kier alpha value is -2.05. The summed E-state index contributed by atoms with van der Waals surface area (Å²) in [6.07, 6.45) is 0. The molecule has 0 fully saturated rings. The number of nitrogens with one attached hydrogen (secondary N) is 1. The van der Waals surface area contributed by atoms with Crippen LogP contribution in [0.3, 0.4) is 0 Å². The number of aryl methyl sites for hydroxylation is 2. The maximum atomic E-state index is 12.3. The molecule has 3 rings (SSSR count). The Labute approximate surface area is 129 Å². The van der Waals surface area contributed by atoms with E-state index in [0.717, 1.165) is 11.1 Å². The van der Waals surface area contributed by atoms with Crippen molar-refractivity contribution in [2.45, 2.75) is 25.3 Å². The quantitative estimate of drug-likeness (QED) is 0.940. The second-order valence-corrected chi connectivity index (χ2v) is 7.03. The van der Waals surface area contributed by atoms with Crippen molar-refractivity contribution in [3.63, 3.8) is 0 Å². The second kappa shape index (κ2) is 5.62. The second-order valence-electron chi connectivity index (χ2n) is 5.26. The van der Waals surface area contributed by atoms with E-state index in [1.807, 2.05) is 32.0 Å². The van der Waals surface area contributed by atoms with Crippen LogP contribution >= 0.6 is 0 Å². The molecule has 0 radical (unpaired) electrons. The summed E-state index contributed by atoms with van der Waals surface area (Å²) in [5, 5.41) is 0. The minimum Gasteiger partial charge on any atom is -0.454 e. The summed E-state index contributed by atoms with van der Waals surface area (Å²) >= 11 is 0. The SMILES string of the molecule is Cc1ccc(CNS(=O)(=O)c2ccc3c(c2)OCO3)cc1C. The van der Waals surface area contributed by atoms with E-state index in [9.17, 15) is 8.42 Å². The van der Waals surface area contributed by atoms with Crippen LogP contribution in [0.15, 0.2) is 41.3 Å². The third-order valence-corrected chi connectivity index (χ3v) is 5.09. The summed E-state index contributed by atoms with van der Waals surface area (Å²) in [7, 11) is -3.59. The number of sulfonamides is 1. The molecular weight excluding hydrogens is 302 g/mol. The van der Waals surface area contributed by atoms with E-state index in [1.165, 1.54) is 17.7 Å². The molecule has 5 nitrogen and oxygen atoms in total. The normalized spacial score (nSPS) is 13.4. The Kier molecular flexibility index (Phi) is 3.80. The van der Waals surface area contributed by atoms with Crippen LogP contribution in [0, 0.1) is 13.8 Å². The zero-order valence-electron chi connectivity index (χ0n) is 12.4. The Morgan fingerprint density at radius 2 is 1.77 bits per heavy atom. The summed E-state index contributed by atoms with van der Waals surface area (Å²) in [6.45, 7) is 4.40. The van der Waals surface area contributed by atoms with Gasteiger partial charge in [-0.1, -0.05) is 18.2 Å². The van der Waals surface area contributed by atoms with Crippen molar-refractivity contribution >= 4 is 10.0 Å². The van der Waals surface area contributed by atoms with Crippen molar-refractivity contribution in [3.8, 4) is 11.5 Å². The average molecular weight is 319 g/mol. The van der Waals surface area contributed by atoms with Gasteiger partial charge in [-0.25, -0.2) is 13.1 Å². The summed E-state index contributed by atoms with van der Waals surface area (Å²) in [5.74, 6) is 1.02. The van der Waals surface area contributed by atoms with E-state index in [2.05, 4.69) is 4.72 Å². The van der Waals surface area contributed by atoms with Crippen LogP contribution in [0.5, 0.6) is 11.5 Å². The zero-order valence-corrected chi connectivity index (χ0v) is 13.2. The largest absolute Gasteiger partial charge is 0.454 e. The summed E-state index contributed by atoms with van der Waals surface area (Å²) < 4.78 is 37.7. The van der Waals surface area contributed by atoms with Crippen LogP contribution in [-0.2, 0) is 16.6 Å². The standard InChI is InChI=1S/C16H17NO4S/c1-11-3-4-13(7-12(11)2)9-17-22(18,19)14-5-6-15-16(8-14)21-10-20-15/h3-8,17H,9-10H2,1-2H3. The third-order valence-electron chi connectivity index (χ3n) is 3.69.